The van der Waals surface area contributed by atoms with Crippen LogP contribution < -0.4 is 10.1 Å². The van der Waals surface area contributed by atoms with Gasteiger partial charge in [-0.15, -0.1) is 0 Å². The fourth-order valence-corrected chi connectivity index (χ4v) is 2.17. The average Bonchev–Trinajstić information content (AvgIpc) is 2.35. The lowest BCUT2D eigenvalue weighted by Gasteiger charge is -2.24. The van der Waals surface area contributed by atoms with Crippen LogP contribution in [0.4, 0.5) is 0 Å². The van der Waals surface area contributed by atoms with Gasteiger partial charge in [0.25, 0.3) is 0 Å². The molecule has 1 aromatic carbocycles. The zero-order valence-electron chi connectivity index (χ0n) is 12.4. The molecule has 0 aliphatic heterocycles. The molecule has 0 radical (unpaired) electrons. The van der Waals surface area contributed by atoms with Crippen LogP contribution in [-0.4, -0.2) is 12.1 Å². The topological polar surface area (TPSA) is 21.3 Å². The Bertz CT molecular complexity index is 345. The van der Waals surface area contributed by atoms with Crippen molar-refractivity contribution in [1.82, 2.24) is 5.32 Å². The zero-order chi connectivity index (χ0) is 13.5. The predicted molar refractivity (Wildman–Crippen MR) is 78.1 cm³/mol. The Morgan fingerprint density at radius 1 is 1.06 bits per heavy atom. The second-order valence-electron chi connectivity index (χ2n) is 5.11. The maximum atomic E-state index is 5.88. The van der Waals surface area contributed by atoms with Crippen LogP contribution in [0.25, 0.3) is 0 Å². The molecular weight excluding hydrogens is 222 g/mol. The number of rotatable bonds is 7. The van der Waals surface area contributed by atoms with E-state index in [1.807, 2.05) is 6.07 Å². The van der Waals surface area contributed by atoms with Gasteiger partial charge in [-0.25, -0.2) is 0 Å². The first-order chi connectivity index (χ1) is 8.58. The lowest BCUT2D eigenvalue weighted by molar-refractivity contribution is 0.237. The van der Waals surface area contributed by atoms with Gasteiger partial charge in [-0.1, -0.05) is 32.0 Å². The van der Waals surface area contributed by atoms with Crippen LogP contribution in [0.15, 0.2) is 24.3 Å². The monoisotopic (exact) mass is 249 g/mol. The molecule has 0 heterocycles. The third kappa shape index (κ3) is 4.34. The summed E-state index contributed by atoms with van der Waals surface area (Å²) in [4.78, 5) is 0. The van der Waals surface area contributed by atoms with Crippen molar-refractivity contribution in [2.45, 2.75) is 65.6 Å². The highest BCUT2D eigenvalue weighted by Crippen LogP contribution is 2.26. The lowest BCUT2D eigenvalue weighted by atomic mass is 10.0. The molecule has 1 atom stereocenters. The van der Waals surface area contributed by atoms with Crippen molar-refractivity contribution in [3.63, 3.8) is 0 Å². The van der Waals surface area contributed by atoms with E-state index >= 15 is 0 Å². The molecule has 18 heavy (non-hydrogen) atoms. The van der Waals surface area contributed by atoms with Gasteiger partial charge < -0.3 is 10.1 Å². The summed E-state index contributed by atoms with van der Waals surface area (Å²) in [6.07, 6.45) is 2.54. The molecule has 0 fully saturated rings. The molecule has 1 N–H and O–H groups in total. The third-order valence-electron chi connectivity index (χ3n) is 3.22. The summed E-state index contributed by atoms with van der Waals surface area (Å²) in [5, 5.41) is 3.67. The highest BCUT2D eigenvalue weighted by molar-refractivity contribution is 5.35. The number of benzene rings is 1. The van der Waals surface area contributed by atoms with Crippen molar-refractivity contribution in [3.8, 4) is 5.75 Å². The minimum absolute atomic E-state index is 0.214. The van der Waals surface area contributed by atoms with Gasteiger partial charge in [0.1, 0.15) is 5.75 Å². The summed E-state index contributed by atoms with van der Waals surface area (Å²) in [5.41, 5.74) is 1.25. The van der Waals surface area contributed by atoms with E-state index < -0.39 is 0 Å². The van der Waals surface area contributed by atoms with E-state index in [0.717, 1.165) is 18.6 Å². The minimum Gasteiger partial charge on any atom is -0.491 e. The Kier molecular flexibility index (Phi) is 6.20. The van der Waals surface area contributed by atoms with E-state index in [2.05, 4.69) is 58.1 Å². The van der Waals surface area contributed by atoms with Gasteiger partial charge in [-0.2, -0.15) is 0 Å². The third-order valence-corrected chi connectivity index (χ3v) is 3.22. The summed E-state index contributed by atoms with van der Waals surface area (Å²) in [7, 11) is 0. The van der Waals surface area contributed by atoms with Gasteiger partial charge in [0.05, 0.1) is 6.10 Å². The van der Waals surface area contributed by atoms with Crippen LogP contribution in [0, 0.1) is 0 Å². The molecule has 0 amide bonds. The molecule has 0 aliphatic rings. The van der Waals surface area contributed by atoms with Crippen LogP contribution >= 0.6 is 0 Å². The number of ether oxygens (including phenoxy) is 1. The molecule has 0 aliphatic carbocycles. The molecule has 2 heteroatoms. The summed E-state index contributed by atoms with van der Waals surface area (Å²) < 4.78 is 5.88. The molecule has 0 saturated carbocycles. The van der Waals surface area contributed by atoms with Gasteiger partial charge in [0.2, 0.25) is 0 Å². The largest absolute Gasteiger partial charge is 0.491 e. The number of hydrogen-bond donors (Lipinski definition) is 1. The molecule has 0 saturated heterocycles. The molecule has 102 valence electrons. The Labute approximate surface area is 112 Å². The first kappa shape index (κ1) is 15.0. The van der Waals surface area contributed by atoms with Crippen LogP contribution in [0.1, 0.15) is 59.1 Å². The summed E-state index contributed by atoms with van der Waals surface area (Å²) in [6.45, 7) is 10.8. The van der Waals surface area contributed by atoms with E-state index in [0.29, 0.717) is 12.1 Å². The molecule has 0 spiro atoms. The average molecular weight is 249 g/mol. The lowest BCUT2D eigenvalue weighted by Crippen LogP contribution is -2.30. The number of nitrogens with one attached hydrogen (secondary N) is 1. The van der Waals surface area contributed by atoms with E-state index in [1.165, 1.54) is 5.56 Å². The second kappa shape index (κ2) is 7.42. The standard InChI is InChI=1S/C16H27NO/c1-6-14(7-2)17-13(5)15-10-8-9-11-16(15)18-12(3)4/h8-14,17H,6-7H2,1-5H3. The van der Waals surface area contributed by atoms with Gasteiger partial charge in [-0.05, 0) is 39.7 Å². The Balaban J connectivity index is 2.80. The van der Waals surface area contributed by atoms with Crippen molar-refractivity contribution < 1.29 is 4.74 Å². The minimum atomic E-state index is 0.214. The maximum absolute atomic E-state index is 5.88. The molecule has 1 rings (SSSR count). The molecular formula is C16H27NO. The van der Waals surface area contributed by atoms with E-state index in [9.17, 15) is 0 Å². The molecule has 0 aromatic heterocycles. The van der Waals surface area contributed by atoms with Crippen LogP contribution in [0.3, 0.4) is 0 Å². The van der Waals surface area contributed by atoms with Crippen molar-refractivity contribution in [1.29, 1.82) is 0 Å². The highest BCUT2D eigenvalue weighted by atomic mass is 16.5. The quantitative estimate of drug-likeness (QED) is 0.777. The molecule has 2 nitrogen and oxygen atoms in total. The van der Waals surface area contributed by atoms with E-state index in [4.69, 9.17) is 4.74 Å². The van der Waals surface area contributed by atoms with Crippen LogP contribution in [0.2, 0.25) is 0 Å². The molecule has 1 unspecified atom stereocenters. The summed E-state index contributed by atoms with van der Waals surface area (Å²) >= 11 is 0. The van der Waals surface area contributed by atoms with E-state index in [-0.39, 0.29) is 6.10 Å². The maximum Gasteiger partial charge on any atom is 0.124 e. The van der Waals surface area contributed by atoms with Gasteiger partial charge in [0.15, 0.2) is 0 Å². The van der Waals surface area contributed by atoms with Gasteiger partial charge in [0, 0.05) is 17.6 Å². The van der Waals surface area contributed by atoms with Crippen LogP contribution in [0.5, 0.6) is 5.75 Å². The van der Waals surface area contributed by atoms with Crippen molar-refractivity contribution >= 4 is 0 Å². The fourth-order valence-electron chi connectivity index (χ4n) is 2.17. The summed E-state index contributed by atoms with van der Waals surface area (Å²) in [6, 6.07) is 9.22. The second-order valence-corrected chi connectivity index (χ2v) is 5.11. The van der Waals surface area contributed by atoms with Gasteiger partial charge >= 0.3 is 0 Å². The van der Waals surface area contributed by atoms with Crippen molar-refractivity contribution in [3.05, 3.63) is 29.8 Å². The predicted octanol–water partition coefficient (Wildman–Crippen LogP) is 4.31. The Hall–Kier alpha value is -1.02. The van der Waals surface area contributed by atoms with Gasteiger partial charge in [-0.3, -0.25) is 0 Å². The molecule has 0 bridgehead atoms. The van der Waals surface area contributed by atoms with Crippen molar-refractivity contribution in [2.75, 3.05) is 0 Å². The highest BCUT2D eigenvalue weighted by Gasteiger charge is 2.14. The van der Waals surface area contributed by atoms with Crippen molar-refractivity contribution in [2.24, 2.45) is 0 Å². The number of hydrogen-bond acceptors (Lipinski definition) is 2. The Morgan fingerprint density at radius 3 is 2.22 bits per heavy atom. The SMILES string of the molecule is CCC(CC)NC(C)c1ccccc1OC(C)C. The van der Waals surface area contributed by atoms with E-state index in [1.54, 1.807) is 0 Å². The zero-order valence-corrected chi connectivity index (χ0v) is 12.4. The first-order valence-corrected chi connectivity index (χ1v) is 7.10. The van der Waals surface area contributed by atoms with Crippen LogP contribution in [-0.2, 0) is 0 Å². The smallest absolute Gasteiger partial charge is 0.124 e. The Morgan fingerprint density at radius 2 is 1.67 bits per heavy atom. The summed E-state index contributed by atoms with van der Waals surface area (Å²) in [5.74, 6) is 0.999. The normalized spacial score (nSPS) is 13.1. The fraction of sp³-hybridized carbons (Fsp3) is 0.625. The first-order valence-electron chi connectivity index (χ1n) is 7.10. The number of para-hydroxylation sites is 1. The molecule has 1 aromatic rings.